The van der Waals surface area contributed by atoms with Crippen molar-refractivity contribution in [2.24, 2.45) is 0 Å². The van der Waals surface area contributed by atoms with Gasteiger partial charge in [-0.3, -0.25) is 9.59 Å². The van der Waals surface area contributed by atoms with Gasteiger partial charge in [0.25, 0.3) is 5.91 Å². The molecular formula is C18H22N4O3. The number of likely N-dealkylation sites (N-methyl/N-ethyl adjacent to an activating group) is 1. The second-order valence-electron chi connectivity index (χ2n) is 6.07. The minimum atomic E-state index is -0.786. The van der Waals surface area contributed by atoms with Crippen LogP contribution in [-0.2, 0) is 20.9 Å². The molecule has 2 atom stereocenters. The Morgan fingerprint density at radius 2 is 2.08 bits per heavy atom. The highest BCUT2D eigenvalue weighted by atomic mass is 16.5. The molecule has 1 aromatic carbocycles. The van der Waals surface area contributed by atoms with E-state index in [1.165, 1.54) is 0 Å². The van der Waals surface area contributed by atoms with Crippen molar-refractivity contribution in [3.63, 3.8) is 0 Å². The van der Waals surface area contributed by atoms with Gasteiger partial charge in [0.2, 0.25) is 5.91 Å². The summed E-state index contributed by atoms with van der Waals surface area (Å²) < 4.78 is 7.33. The predicted molar refractivity (Wildman–Crippen MR) is 93.0 cm³/mol. The Hall–Kier alpha value is -2.67. The molecule has 7 heteroatoms. The molecule has 1 N–H and O–H groups in total. The van der Waals surface area contributed by atoms with E-state index in [-0.39, 0.29) is 18.4 Å². The molecule has 1 aromatic heterocycles. The summed E-state index contributed by atoms with van der Waals surface area (Å²) in [6.45, 7) is 4.37. The van der Waals surface area contributed by atoms with E-state index >= 15 is 0 Å². The van der Waals surface area contributed by atoms with E-state index in [9.17, 15) is 9.59 Å². The molecule has 0 radical (unpaired) electrons. The van der Waals surface area contributed by atoms with Crippen LogP contribution in [0.2, 0.25) is 0 Å². The average Bonchev–Trinajstić information content (AvgIpc) is 2.97. The zero-order valence-corrected chi connectivity index (χ0v) is 14.6. The van der Waals surface area contributed by atoms with E-state index in [0.29, 0.717) is 12.4 Å². The molecule has 1 aliphatic heterocycles. The minimum Gasteiger partial charge on any atom is -0.356 e. The van der Waals surface area contributed by atoms with Crippen molar-refractivity contribution >= 4 is 17.6 Å². The van der Waals surface area contributed by atoms with Crippen LogP contribution < -0.4 is 5.32 Å². The Morgan fingerprint density at radius 1 is 1.36 bits per heavy atom. The second kappa shape index (κ2) is 7.06. The second-order valence-corrected chi connectivity index (χ2v) is 6.07. The van der Waals surface area contributed by atoms with Gasteiger partial charge in [-0.15, -0.1) is 0 Å². The summed E-state index contributed by atoms with van der Waals surface area (Å²) in [5.74, 6) is 0.190. The first-order chi connectivity index (χ1) is 12.0. The quantitative estimate of drug-likeness (QED) is 0.918. The number of carbonyl (C=O) groups is 2. The van der Waals surface area contributed by atoms with Crippen molar-refractivity contribution in [2.45, 2.75) is 32.5 Å². The average molecular weight is 342 g/mol. The smallest absolute Gasteiger partial charge is 0.257 e. The van der Waals surface area contributed by atoms with Crippen LogP contribution in [0.1, 0.15) is 24.2 Å². The number of ether oxygens (including phenoxy) is 1. The van der Waals surface area contributed by atoms with Gasteiger partial charge < -0.3 is 15.0 Å². The van der Waals surface area contributed by atoms with Crippen LogP contribution >= 0.6 is 0 Å². The van der Waals surface area contributed by atoms with Gasteiger partial charge in [-0.25, -0.2) is 4.68 Å². The van der Waals surface area contributed by atoms with Crippen molar-refractivity contribution < 1.29 is 14.3 Å². The number of hydrogen-bond donors (Lipinski definition) is 1. The minimum absolute atomic E-state index is 0.107. The number of anilines is 1. The SMILES string of the molecule is CCn1nc(C)cc1NC(=O)[C@@H]1OCC(=O)N(C)[C@H]1c1ccccc1. The lowest BCUT2D eigenvalue weighted by Crippen LogP contribution is -2.51. The van der Waals surface area contributed by atoms with E-state index in [1.807, 2.05) is 50.2 Å². The fourth-order valence-electron chi connectivity index (χ4n) is 3.06. The summed E-state index contributed by atoms with van der Waals surface area (Å²) in [4.78, 5) is 26.5. The van der Waals surface area contributed by atoms with Gasteiger partial charge in [0.15, 0.2) is 6.10 Å². The monoisotopic (exact) mass is 342 g/mol. The number of aromatic nitrogens is 2. The summed E-state index contributed by atoms with van der Waals surface area (Å²) in [7, 11) is 1.70. The maximum atomic E-state index is 12.9. The molecule has 1 fully saturated rings. The van der Waals surface area contributed by atoms with Crippen molar-refractivity contribution in [3.05, 3.63) is 47.7 Å². The van der Waals surface area contributed by atoms with E-state index in [1.54, 1.807) is 16.6 Å². The van der Waals surface area contributed by atoms with Gasteiger partial charge in [0.1, 0.15) is 12.4 Å². The number of morpholine rings is 1. The lowest BCUT2D eigenvalue weighted by atomic mass is 9.97. The van der Waals surface area contributed by atoms with Gasteiger partial charge in [-0.1, -0.05) is 30.3 Å². The van der Waals surface area contributed by atoms with Crippen LogP contribution in [-0.4, -0.2) is 46.3 Å². The van der Waals surface area contributed by atoms with Crippen molar-refractivity contribution in [3.8, 4) is 0 Å². The third-order valence-electron chi connectivity index (χ3n) is 4.34. The molecule has 25 heavy (non-hydrogen) atoms. The van der Waals surface area contributed by atoms with E-state index in [0.717, 1.165) is 11.3 Å². The maximum absolute atomic E-state index is 12.9. The molecule has 0 unspecified atom stereocenters. The Balaban J connectivity index is 1.87. The molecule has 0 bridgehead atoms. The number of benzene rings is 1. The predicted octanol–water partition coefficient (Wildman–Crippen LogP) is 1.75. The van der Waals surface area contributed by atoms with Gasteiger partial charge in [0, 0.05) is 19.7 Å². The Bertz CT molecular complexity index is 772. The molecule has 0 saturated carbocycles. The van der Waals surface area contributed by atoms with Crippen molar-refractivity contribution in [2.75, 3.05) is 19.0 Å². The van der Waals surface area contributed by atoms with E-state index in [2.05, 4.69) is 10.4 Å². The highest BCUT2D eigenvalue weighted by Crippen LogP contribution is 2.29. The first kappa shape index (κ1) is 17.2. The third-order valence-corrected chi connectivity index (χ3v) is 4.34. The third kappa shape index (κ3) is 3.41. The molecule has 2 amide bonds. The topological polar surface area (TPSA) is 76.5 Å². The number of aryl methyl sites for hydroxylation is 2. The molecule has 1 saturated heterocycles. The number of hydrogen-bond acceptors (Lipinski definition) is 4. The van der Waals surface area contributed by atoms with Crippen LogP contribution in [0.4, 0.5) is 5.82 Å². The molecule has 0 aliphatic carbocycles. The summed E-state index contributed by atoms with van der Waals surface area (Å²) in [5, 5.41) is 7.21. The molecular weight excluding hydrogens is 320 g/mol. The molecule has 132 valence electrons. The maximum Gasteiger partial charge on any atom is 0.257 e. The van der Waals surface area contributed by atoms with Crippen molar-refractivity contribution in [1.82, 2.24) is 14.7 Å². The van der Waals surface area contributed by atoms with Crippen LogP contribution in [0.3, 0.4) is 0 Å². The number of nitrogens with one attached hydrogen (secondary N) is 1. The molecule has 3 rings (SSSR count). The summed E-state index contributed by atoms with van der Waals surface area (Å²) in [6.07, 6.45) is -0.786. The summed E-state index contributed by atoms with van der Waals surface area (Å²) in [6, 6.07) is 10.8. The first-order valence-electron chi connectivity index (χ1n) is 8.28. The van der Waals surface area contributed by atoms with Crippen LogP contribution in [0.15, 0.2) is 36.4 Å². The fourth-order valence-corrected chi connectivity index (χ4v) is 3.06. The molecule has 2 heterocycles. The highest BCUT2D eigenvalue weighted by molar-refractivity contribution is 5.95. The largest absolute Gasteiger partial charge is 0.356 e. The van der Waals surface area contributed by atoms with Gasteiger partial charge in [0.05, 0.1) is 11.7 Å². The highest BCUT2D eigenvalue weighted by Gasteiger charge is 2.40. The fraction of sp³-hybridized carbons (Fsp3) is 0.389. The van der Waals surface area contributed by atoms with Crippen LogP contribution in [0.5, 0.6) is 0 Å². The summed E-state index contributed by atoms with van der Waals surface area (Å²) >= 11 is 0. The number of rotatable bonds is 4. The standard InChI is InChI=1S/C18H22N4O3/c1-4-22-14(10-12(2)20-22)19-18(24)17-16(13-8-6-5-7-9-13)21(3)15(23)11-25-17/h5-10,16-17H,4,11H2,1-3H3,(H,19,24)/t16-,17+/m0/s1. The van der Waals surface area contributed by atoms with Gasteiger partial charge in [-0.2, -0.15) is 5.10 Å². The Kier molecular flexibility index (Phi) is 4.85. The normalized spacial score (nSPS) is 20.6. The van der Waals surface area contributed by atoms with E-state index in [4.69, 9.17) is 4.74 Å². The van der Waals surface area contributed by atoms with Crippen molar-refractivity contribution in [1.29, 1.82) is 0 Å². The number of nitrogens with zero attached hydrogens (tertiary/aromatic N) is 3. The van der Waals surface area contributed by atoms with Gasteiger partial charge in [-0.05, 0) is 19.4 Å². The number of carbonyl (C=O) groups excluding carboxylic acids is 2. The zero-order valence-electron chi connectivity index (χ0n) is 14.6. The van der Waals surface area contributed by atoms with Gasteiger partial charge >= 0.3 is 0 Å². The molecule has 7 nitrogen and oxygen atoms in total. The lowest BCUT2D eigenvalue weighted by Gasteiger charge is -2.38. The zero-order chi connectivity index (χ0) is 18.0. The summed E-state index contributed by atoms with van der Waals surface area (Å²) in [5.41, 5.74) is 1.69. The lowest BCUT2D eigenvalue weighted by molar-refractivity contribution is -0.160. The molecule has 2 aromatic rings. The van der Waals surface area contributed by atoms with Crippen LogP contribution in [0.25, 0.3) is 0 Å². The first-order valence-corrected chi connectivity index (χ1v) is 8.28. The Labute approximate surface area is 146 Å². The molecule has 1 aliphatic rings. The van der Waals surface area contributed by atoms with E-state index < -0.39 is 12.1 Å². The Morgan fingerprint density at radius 3 is 2.76 bits per heavy atom. The number of amides is 2. The van der Waals surface area contributed by atoms with Crippen LogP contribution in [0, 0.1) is 6.92 Å². The molecule has 0 spiro atoms.